The van der Waals surface area contributed by atoms with Gasteiger partial charge >= 0.3 is 0 Å². The molecule has 25 heavy (non-hydrogen) atoms. The van der Waals surface area contributed by atoms with Crippen molar-refractivity contribution in [3.8, 4) is 0 Å². The Kier molecular flexibility index (Phi) is 6.84. The molecule has 0 saturated carbocycles. The third-order valence-electron chi connectivity index (χ3n) is 3.55. The van der Waals surface area contributed by atoms with Crippen molar-refractivity contribution in [1.29, 1.82) is 0 Å². The van der Waals surface area contributed by atoms with Crippen molar-refractivity contribution in [3.05, 3.63) is 52.7 Å². The summed E-state index contributed by atoms with van der Waals surface area (Å²) in [5.74, 6) is -0.512. The predicted octanol–water partition coefficient (Wildman–Crippen LogP) is 3.59. The van der Waals surface area contributed by atoms with Gasteiger partial charge in [0.15, 0.2) is 0 Å². The fourth-order valence-electron chi connectivity index (χ4n) is 2.19. The summed E-state index contributed by atoms with van der Waals surface area (Å²) < 4.78 is 0. The first-order chi connectivity index (χ1) is 11.9. The first kappa shape index (κ1) is 19.3. The van der Waals surface area contributed by atoms with Gasteiger partial charge in [0.1, 0.15) is 5.03 Å². The summed E-state index contributed by atoms with van der Waals surface area (Å²) >= 11 is 7.29. The second kappa shape index (κ2) is 8.87. The van der Waals surface area contributed by atoms with Crippen LogP contribution < -0.4 is 10.6 Å². The smallest absolute Gasteiger partial charge is 0.243 e. The molecule has 1 unspecified atom stereocenters. The predicted molar refractivity (Wildman–Crippen MR) is 102 cm³/mol. The number of hydrogen-bond acceptors (Lipinski definition) is 4. The molecule has 0 bridgehead atoms. The molecule has 2 N–H and O–H groups in total. The molecule has 5 nitrogen and oxygen atoms in total. The molecular formula is C18H20ClN3O2S. The summed E-state index contributed by atoms with van der Waals surface area (Å²) in [6.07, 6.45) is 1.62. The lowest BCUT2D eigenvalue weighted by Gasteiger charge is -2.14. The van der Waals surface area contributed by atoms with Crippen molar-refractivity contribution < 1.29 is 9.59 Å². The molecule has 2 aromatic rings. The molecule has 2 rings (SSSR count). The zero-order chi connectivity index (χ0) is 18.4. The number of aryl methyl sites for hydroxylation is 2. The van der Waals surface area contributed by atoms with E-state index in [1.807, 2.05) is 32.0 Å². The highest BCUT2D eigenvalue weighted by Gasteiger charge is 2.17. The molecule has 1 atom stereocenters. The van der Waals surface area contributed by atoms with Crippen molar-refractivity contribution in [2.45, 2.75) is 31.0 Å². The first-order valence-electron chi connectivity index (χ1n) is 7.79. The summed E-state index contributed by atoms with van der Waals surface area (Å²) in [6.45, 7) is 5.51. The number of carbonyl (C=O) groups excluding carboxylic acids is 2. The number of nitrogens with zero attached hydrogens (tertiary/aromatic N) is 1. The topological polar surface area (TPSA) is 71.1 Å². The monoisotopic (exact) mass is 377 g/mol. The number of benzene rings is 1. The molecule has 7 heteroatoms. The molecule has 132 valence electrons. The fraction of sp³-hybridized carbons (Fsp3) is 0.278. The maximum Gasteiger partial charge on any atom is 0.243 e. The van der Waals surface area contributed by atoms with Crippen LogP contribution in [0.4, 0.5) is 5.69 Å². The summed E-state index contributed by atoms with van der Waals surface area (Å²) in [4.78, 5) is 28.4. The molecule has 0 aliphatic carbocycles. The van der Waals surface area contributed by atoms with E-state index >= 15 is 0 Å². The Bertz CT molecular complexity index is 762. The second-order valence-corrected chi connectivity index (χ2v) is 7.32. The highest BCUT2D eigenvalue weighted by Crippen LogP contribution is 2.27. The first-order valence-corrected chi connectivity index (χ1v) is 9.05. The molecule has 0 aliphatic rings. The zero-order valence-corrected chi connectivity index (χ0v) is 15.9. The molecule has 0 aliphatic heterocycles. The normalized spacial score (nSPS) is 11.7. The third kappa shape index (κ3) is 5.47. The van der Waals surface area contributed by atoms with Gasteiger partial charge in [-0.15, -0.1) is 0 Å². The molecule has 0 spiro atoms. The van der Waals surface area contributed by atoms with Gasteiger partial charge in [0.05, 0.1) is 16.8 Å². The van der Waals surface area contributed by atoms with Crippen LogP contribution in [0, 0.1) is 13.8 Å². The number of pyridine rings is 1. The van der Waals surface area contributed by atoms with Crippen LogP contribution in [0.5, 0.6) is 0 Å². The lowest BCUT2D eigenvalue weighted by molar-refractivity contribution is -0.123. The maximum absolute atomic E-state index is 12.2. The number of carbonyl (C=O) groups is 2. The molecule has 0 fully saturated rings. The highest BCUT2D eigenvalue weighted by atomic mass is 35.5. The largest absolute Gasteiger partial charge is 0.346 e. The van der Waals surface area contributed by atoms with Gasteiger partial charge in [-0.1, -0.05) is 41.6 Å². The number of anilines is 1. The van der Waals surface area contributed by atoms with Gasteiger partial charge in [-0.25, -0.2) is 4.98 Å². The van der Waals surface area contributed by atoms with Gasteiger partial charge in [0.25, 0.3) is 0 Å². The van der Waals surface area contributed by atoms with Crippen LogP contribution >= 0.6 is 23.4 Å². The van der Waals surface area contributed by atoms with Gasteiger partial charge in [0.2, 0.25) is 11.8 Å². The Labute approximate surface area is 156 Å². The van der Waals surface area contributed by atoms with E-state index in [1.54, 1.807) is 25.3 Å². The number of amides is 2. The Morgan fingerprint density at radius 2 is 1.88 bits per heavy atom. The molecule has 1 heterocycles. The van der Waals surface area contributed by atoms with Crippen molar-refractivity contribution in [3.63, 3.8) is 0 Å². The fourth-order valence-corrected chi connectivity index (χ4v) is 3.27. The molecule has 1 aromatic heterocycles. The van der Waals surface area contributed by atoms with E-state index < -0.39 is 5.25 Å². The molecule has 0 saturated heterocycles. The van der Waals surface area contributed by atoms with Crippen LogP contribution in [0.3, 0.4) is 0 Å². The zero-order valence-electron chi connectivity index (χ0n) is 14.3. The summed E-state index contributed by atoms with van der Waals surface area (Å²) in [6, 6.07) is 9.24. The average molecular weight is 378 g/mol. The number of nitrogens with one attached hydrogen (secondary N) is 2. The van der Waals surface area contributed by atoms with Gasteiger partial charge in [-0.05, 0) is 44.0 Å². The number of halogens is 1. The minimum absolute atomic E-state index is 0.0898. The van der Waals surface area contributed by atoms with Crippen LogP contribution in [-0.4, -0.2) is 28.6 Å². The minimum atomic E-state index is -0.416. The van der Waals surface area contributed by atoms with Crippen LogP contribution in [0.1, 0.15) is 18.1 Å². The van der Waals surface area contributed by atoms with E-state index in [0.717, 1.165) is 16.8 Å². The van der Waals surface area contributed by atoms with Crippen LogP contribution in [0.15, 0.2) is 41.6 Å². The van der Waals surface area contributed by atoms with Gasteiger partial charge in [-0.2, -0.15) is 0 Å². The summed E-state index contributed by atoms with van der Waals surface area (Å²) in [5, 5.41) is 6.15. The van der Waals surface area contributed by atoms with Gasteiger partial charge in [-0.3, -0.25) is 9.59 Å². The quantitative estimate of drug-likeness (QED) is 0.755. The van der Waals surface area contributed by atoms with Crippen LogP contribution in [-0.2, 0) is 9.59 Å². The second-order valence-electron chi connectivity index (χ2n) is 5.58. The maximum atomic E-state index is 12.2. The number of aromatic nitrogens is 1. The third-order valence-corrected chi connectivity index (χ3v) is 5.08. The van der Waals surface area contributed by atoms with E-state index in [9.17, 15) is 9.59 Å². The van der Waals surface area contributed by atoms with Crippen LogP contribution in [0.2, 0.25) is 5.02 Å². The van der Waals surface area contributed by atoms with Crippen molar-refractivity contribution in [2.75, 3.05) is 11.9 Å². The number of rotatable bonds is 6. The van der Waals surface area contributed by atoms with E-state index in [4.69, 9.17) is 11.6 Å². The summed E-state index contributed by atoms with van der Waals surface area (Å²) in [5.41, 5.74) is 2.74. The minimum Gasteiger partial charge on any atom is -0.346 e. The Morgan fingerprint density at radius 3 is 2.52 bits per heavy atom. The van der Waals surface area contributed by atoms with Gasteiger partial charge < -0.3 is 10.6 Å². The number of thioether (sulfide) groups is 1. The van der Waals surface area contributed by atoms with E-state index in [0.29, 0.717) is 10.0 Å². The Hall–Kier alpha value is -2.05. The lowest BCUT2D eigenvalue weighted by Crippen LogP contribution is -2.37. The van der Waals surface area contributed by atoms with Crippen molar-refractivity contribution in [2.24, 2.45) is 0 Å². The Morgan fingerprint density at radius 1 is 1.20 bits per heavy atom. The molecule has 2 amide bonds. The highest BCUT2D eigenvalue weighted by molar-refractivity contribution is 8.00. The lowest BCUT2D eigenvalue weighted by atomic mass is 10.1. The van der Waals surface area contributed by atoms with E-state index in [1.165, 1.54) is 11.8 Å². The van der Waals surface area contributed by atoms with Crippen molar-refractivity contribution in [1.82, 2.24) is 10.3 Å². The molecular weight excluding hydrogens is 358 g/mol. The Balaban J connectivity index is 1.87. The number of hydrogen-bond donors (Lipinski definition) is 2. The molecule has 1 aromatic carbocycles. The van der Waals surface area contributed by atoms with E-state index in [2.05, 4.69) is 15.6 Å². The number of para-hydroxylation sites is 1. The van der Waals surface area contributed by atoms with Crippen LogP contribution in [0.25, 0.3) is 0 Å². The standard InChI is InChI=1S/C18H20ClN3O2S/c1-11-6-4-7-12(2)16(11)22-15(23)10-21-17(24)13(3)25-18-14(19)8-5-9-20-18/h4-9,13H,10H2,1-3H3,(H,21,24)(H,22,23). The van der Waals surface area contributed by atoms with Crippen molar-refractivity contribution >= 4 is 40.9 Å². The molecule has 0 radical (unpaired) electrons. The van der Waals surface area contributed by atoms with E-state index in [-0.39, 0.29) is 18.4 Å². The average Bonchev–Trinajstić information content (AvgIpc) is 2.58. The summed E-state index contributed by atoms with van der Waals surface area (Å²) in [7, 11) is 0. The van der Waals surface area contributed by atoms with Gasteiger partial charge in [0, 0.05) is 11.9 Å². The SMILES string of the molecule is Cc1cccc(C)c1NC(=O)CNC(=O)C(C)Sc1ncccc1Cl.